The normalized spacial score (nSPS) is 29.5. The number of hydrogen-bond donors (Lipinski definition) is 5. The number of amides is 2. The van der Waals surface area contributed by atoms with Crippen LogP contribution in [0.3, 0.4) is 0 Å². The number of benzene rings is 1. The molecular weight excluding hydrogens is 410 g/mol. The van der Waals surface area contributed by atoms with E-state index in [1.807, 2.05) is 0 Å². The molecule has 0 radical (unpaired) electrons. The molecule has 2 amide bonds. The Hall–Kier alpha value is -2.37. The Bertz CT molecular complexity index is 853. The Balaban J connectivity index is 1.85. The first kappa shape index (κ1) is 23.3. The molecule has 0 saturated carbocycles. The van der Waals surface area contributed by atoms with Gasteiger partial charge in [-0.15, -0.1) is 0 Å². The SMILES string of the molecule is Cc1cc(C)c(O[C@@H]2O[C@H](CO)[C@@H](O)[C@H](O)[C@H]2O)c(C(=O)CC2CC(=O)NC(=O)C2)c1. The summed E-state index contributed by atoms with van der Waals surface area (Å²) in [5, 5.41) is 41.8. The van der Waals surface area contributed by atoms with Gasteiger partial charge < -0.3 is 29.9 Å². The lowest BCUT2D eigenvalue weighted by molar-refractivity contribution is -0.277. The molecule has 2 aliphatic rings. The van der Waals surface area contributed by atoms with Crippen LogP contribution in [-0.4, -0.2) is 75.3 Å². The number of ether oxygens (including phenoxy) is 2. The number of Topliss-reactive ketones (excluding diaryl/α,β-unsaturated/α-hetero) is 1. The minimum atomic E-state index is -1.62. The van der Waals surface area contributed by atoms with Gasteiger partial charge in [-0.3, -0.25) is 19.7 Å². The lowest BCUT2D eigenvalue weighted by Crippen LogP contribution is -2.60. The largest absolute Gasteiger partial charge is 0.461 e. The van der Waals surface area contributed by atoms with Gasteiger partial charge in [0.15, 0.2) is 5.78 Å². The van der Waals surface area contributed by atoms with Crippen molar-refractivity contribution >= 4 is 17.6 Å². The summed E-state index contributed by atoms with van der Waals surface area (Å²) in [6.07, 6.45) is -7.29. The second kappa shape index (κ2) is 9.41. The van der Waals surface area contributed by atoms with E-state index < -0.39 is 55.0 Å². The first-order valence-electron chi connectivity index (χ1n) is 10.0. The Morgan fingerprint density at radius 2 is 1.74 bits per heavy atom. The summed E-state index contributed by atoms with van der Waals surface area (Å²) in [6, 6.07) is 3.35. The van der Waals surface area contributed by atoms with Crippen molar-refractivity contribution in [2.45, 2.75) is 63.8 Å². The number of rotatable bonds is 6. The number of carbonyl (C=O) groups is 3. The van der Waals surface area contributed by atoms with E-state index in [0.717, 1.165) is 5.56 Å². The van der Waals surface area contributed by atoms with Gasteiger partial charge in [-0.25, -0.2) is 0 Å². The highest BCUT2D eigenvalue weighted by Gasteiger charge is 2.45. The van der Waals surface area contributed by atoms with Crippen molar-refractivity contribution in [2.75, 3.05) is 6.61 Å². The monoisotopic (exact) mass is 437 g/mol. The number of nitrogens with one attached hydrogen (secondary N) is 1. The molecule has 0 spiro atoms. The quantitative estimate of drug-likeness (QED) is 0.281. The van der Waals surface area contributed by atoms with Crippen molar-refractivity contribution < 1.29 is 44.3 Å². The number of carbonyl (C=O) groups excluding carboxylic acids is 3. The van der Waals surface area contributed by atoms with Crippen molar-refractivity contribution in [2.24, 2.45) is 5.92 Å². The van der Waals surface area contributed by atoms with Crippen molar-refractivity contribution in [3.8, 4) is 5.75 Å². The van der Waals surface area contributed by atoms with Gasteiger partial charge >= 0.3 is 0 Å². The topological polar surface area (TPSA) is 163 Å². The maximum atomic E-state index is 13.1. The van der Waals surface area contributed by atoms with E-state index in [0.29, 0.717) is 5.56 Å². The Morgan fingerprint density at radius 1 is 1.10 bits per heavy atom. The van der Waals surface area contributed by atoms with Crippen molar-refractivity contribution in [1.29, 1.82) is 0 Å². The zero-order valence-electron chi connectivity index (χ0n) is 17.3. The van der Waals surface area contributed by atoms with E-state index >= 15 is 0 Å². The number of ketones is 1. The summed E-state index contributed by atoms with van der Waals surface area (Å²) in [4.78, 5) is 36.3. The van der Waals surface area contributed by atoms with Gasteiger partial charge in [0.05, 0.1) is 12.2 Å². The first-order valence-corrected chi connectivity index (χ1v) is 10.0. The number of aliphatic hydroxyl groups excluding tert-OH is 4. The summed E-state index contributed by atoms with van der Waals surface area (Å²) in [7, 11) is 0. The van der Waals surface area contributed by atoms with Crippen LogP contribution in [0.15, 0.2) is 12.1 Å². The molecule has 2 heterocycles. The molecule has 1 aromatic rings. The Morgan fingerprint density at radius 3 is 2.35 bits per heavy atom. The second-order valence-corrected chi connectivity index (χ2v) is 8.15. The van der Waals surface area contributed by atoms with Crippen LogP contribution in [0.1, 0.15) is 40.7 Å². The van der Waals surface area contributed by atoms with Gasteiger partial charge in [0.1, 0.15) is 30.2 Å². The fourth-order valence-corrected chi connectivity index (χ4v) is 3.97. The van der Waals surface area contributed by atoms with Gasteiger partial charge in [0.2, 0.25) is 18.1 Å². The van der Waals surface area contributed by atoms with E-state index in [1.165, 1.54) is 0 Å². The highest BCUT2D eigenvalue weighted by atomic mass is 16.7. The smallest absolute Gasteiger partial charge is 0.229 e. The van der Waals surface area contributed by atoms with Crippen LogP contribution < -0.4 is 10.1 Å². The van der Waals surface area contributed by atoms with E-state index in [2.05, 4.69) is 5.32 Å². The van der Waals surface area contributed by atoms with Crippen LogP contribution in [0.4, 0.5) is 0 Å². The van der Waals surface area contributed by atoms with Gasteiger partial charge in [0.25, 0.3) is 0 Å². The second-order valence-electron chi connectivity index (χ2n) is 8.15. The van der Waals surface area contributed by atoms with Crippen molar-refractivity contribution in [3.05, 3.63) is 28.8 Å². The zero-order valence-corrected chi connectivity index (χ0v) is 17.3. The third-order valence-corrected chi connectivity index (χ3v) is 5.50. The molecular formula is C21H27NO9. The number of hydrogen-bond acceptors (Lipinski definition) is 9. The Kier molecular flexibility index (Phi) is 7.07. The molecule has 10 heteroatoms. The molecule has 2 fully saturated rings. The zero-order chi connectivity index (χ0) is 22.9. The molecule has 0 aliphatic carbocycles. The van der Waals surface area contributed by atoms with E-state index in [4.69, 9.17) is 9.47 Å². The summed E-state index contributed by atoms with van der Waals surface area (Å²) in [5.41, 5.74) is 1.53. The van der Waals surface area contributed by atoms with Gasteiger partial charge in [-0.1, -0.05) is 6.07 Å². The molecule has 31 heavy (non-hydrogen) atoms. The standard InChI is InChI=1S/C21H27NO9/c1-9-3-10(2)20(31-21-19(29)18(28)17(27)14(8-23)30-21)12(4-9)13(24)5-11-6-15(25)22-16(26)7-11/h3-4,11,14,17-19,21,23,27-29H,5-8H2,1-2H3,(H,22,25,26)/t14-,17-,18+,19-,21+/m1/s1. The molecule has 0 aromatic heterocycles. The summed E-state index contributed by atoms with van der Waals surface area (Å²) < 4.78 is 11.2. The summed E-state index contributed by atoms with van der Waals surface area (Å²) in [6.45, 7) is 2.88. The third kappa shape index (κ3) is 5.10. The molecule has 0 unspecified atom stereocenters. The highest BCUT2D eigenvalue weighted by Crippen LogP contribution is 2.32. The van der Waals surface area contributed by atoms with Gasteiger partial charge in [-0.05, 0) is 37.0 Å². The van der Waals surface area contributed by atoms with Gasteiger partial charge in [-0.2, -0.15) is 0 Å². The number of aryl methyl sites for hydroxylation is 2. The van der Waals surface area contributed by atoms with Crippen LogP contribution in [0, 0.1) is 19.8 Å². The van der Waals surface area contributed by atoms with E-state index in [-0.39, 0.29) is 36.4 Å². The summed E-state index contributed by atoms with van der Waals surface area (Å²) >= 11 is 0. The van der Waals surface area contributed by atoms with Gasteiger partial charge in [0, 0.05) is 19.3 Å². The fraction of sp³-hybridized carbons (Fsp3) is 0.571. The first-order chi connectivity index (χ1) is 14.6. The fourth-order valence-electron chi connectivity index (χ4n) is 3.97. The number of aliphatic hydroxyl groups is 4. The maximum Gasteiger partial charge on any atom is 0.229 e. The predicted molar refractivity (Wildman–Crippen MR) is 105 cm³/mol. The molecule has 2 saturated heterocycles. The van der Waals surface area contributed by atoms with Crippen LogP contribution in [0.25, 0.3) is 0 Å². The molecule has 3 rings (SSSR count). The molecule has 5 atom stereocenters. The molecule has 0 bridgehead atoms. The molecule has 170 valence electrons. The maximum absolute atomic E-state index is 13.1. The number of imide groups is 1. The lowest BCUT2D eigenvalue weighted by Gasteiger charge is -2.40. The Labute approximate surface area is 178 Å². The van der Waals surface area contributed by atoms with E-state index in [9.17, 15) is 34.8 Å². The minimum Gasteiger partial charge on any atom is -0.461 e. The van der Waals surface area contributed by atoms with Crippen molar-refractivity contribution in [3.63, 3.8) is 0 Å². The summed E-state index contributed by atoms with van der Waals surface area (Å²) in [5.74, 6) is -1.51. The van der Waals surface area contributed by atoms with Crippen LogP contribution in [0.2, 0.25) is 0 Å². The average molecular weight is 437 g/mol. The number of piperidine rings is 1. The lowest BCUT2D eigenvalue weighted by atomic mass is 9.89. The predicted octanol–water partition coefficient (Wildman–Crippen LogP) is -0.892. The molecule has 10 nitrogen and oxygen atoms in total. The minimum absolute atomic E-state index is 0.0485. The van der Waals surface area contributed by atoms with E-state index in [1.54, 1.807) is 26.0 Å². The van der Waals surface area contributed by atoms with Crippen LogP contribution >= 0.6 is 0 Å². The van der Waals surface area contributed by atoms with Crippen molar-refractivity contribution in [1.82, 2.24) is 5.32 Å². The van der Waals surface area contributed by atoms with Crippen LogP contribution in [-0.2, 0) is 14.3 Å². The van der Waals surface area contributed by atoms with Crippen LogP contribution in [0.5, 0.6) is 5.75 Å². The average Bonchev–Trinajstić information content (AvgIpc) is 2.68. The molecule has 1 aromatic carbocycles. The molecule has 2 aliphatic heterocycles. The molecule has 5 N–H and O–H groups in total. The highest BCUT2D eigenvalue weighted by molar-refractivity contribution is 6.02. The third-order valence-electron chi connectivity index (χ3n) is 5.50.